The van der Waals surface area contributed by atoms with Gasteiger partial charge in [0.2, 0.25) is 0 Å². The molecule has 1 fully saturated rings. The first-order valence-corrected chi connectivity index (χ1v) is 8.45. The fourth-order valence-corrected chi connectivity index (χ4v) is 3.03. The monoisotopic (exact) mass is 341 g/mol. The maximum Gasteiger partial charge on any atom is 0.270 e. The van der Waals surface area contributed by atoms with E-state index in [0.29, 0.717) is 11.4 Å². The molecule has 2 N–H and O–H groups in total. The predicted molar refractivity (Wildman–Crippen MR) is 96.8 cm³/mol. The van der Waals surface area contributed by atoms with Gasteiger partial charge in [0.15, 0.2) is 0 Å². The van der Waals surface area contributed by atoms with E-state index in [1.54, 1.807) is 26.5 Å². The number of amides is 1. The molecule has 1 amide bonds. The molecule has 0 atom stereocenters. The van der Waals surface area contributed by atoms with Gasteiger partial charge in [-0.1, -0.05) is 12.8 Å². The van der Waals surface area contributed by atoms with Gasteiger partial charge in [-0.3, -0.25) is 9.78 Å². The molecule has 132 valence electrons. The highest BCUT2D eigenvalue weighted by molar-refractivity contribution is 5.93. The third kappa shape index (κ3) is 4.21. The van der Waals surface area contributed by atoms with Crippen LogP contribution in [0.1, 0.15) is 36.2 Å². The number of ether oxygens (including phenoxy) is 2. The van der Waals surface area contributed by atoms with Crippen LogP contribution in [0.5, 0.6) is 11.5 Å². The van der Waals surface area contributed by atoms with Gasteiger partial charge < -0.3 is 20.1 Å². The second-order valence-corrected chi connectivity index (χ2v) is 6.08. The van der Waals surface area contributed by atoms with Crippen LogP contribution in [0.15, 0.2) is 36.5 Å². The topological polar surface area (TPSA) is 72.5 Å². The van der Waals surface area contributed by atoms with Crippen molar-refractivity contribution in [2.24, 2.45) is 0 Å². The Hall–Kier alpha value is -2.76. The Morgan fingerprint density at radius 3 is 2.64 bits per heavy atom. The van der Waals surface area contributed by atoms with E-state index in [0.717, 1.165) is 30.0 Å². The van der Waals surface area contributed by atoms with E-state index >= 15 is 0 Å². The maximum atomic E-state index is 12.4. The van der Waals surface area contributed by atoms with Crippen LogP contribution in [-0.2, 0) is 0 Å². The molecule has 0 radical (unpaired) electrons. The number of rotatable bonds is 6. The predicted octanol–water partition coefficient (Wildman–Crippen LogP) is 3.51. The van der Waals surface area contributed by atoms with Crippen molar-refractivity contribution < 1.29 is 14.3 Å². The van der Waals surface area contributed by atoms with E-state index in [2.05, 4.69) is 15.6 Å². The summed E-state index contributed by atoms with van der Waals surface area (Å²) < 4.78 is 10.6. The van der Waals surface area contributed by atoms with Crippen LogP contribution in [0.25, 0.3) is 0 Å². The van der Waals surface area contributed by atoms with Crippen molar-refractivity contribution >= 4 is 17.3 Å². The summed E-state index contributed by atoms with van der Waals surface area (Å²) in [6.07, 6.45) is 6.07. The number of aromatic nitrogens is 1. The Balaban J connectivity index is 1.76. The number of nitrogens with one attached hydrogen (secondary N) is 2. The summed E-state index contributed by atoms with van der Waals surface area (Å²) in [4.78, 5) is 16.6. The third-order valence-electron chi connectivity index (χ3n) is 4.37. The molecule has 0 saturated heterocycles. The van der Waals surface area contributed by atoms with Gasteiger partial charge in [-0.2, -0.15) is 0 Å². The average molecular weight is 341 g/mol. The summed E-state index contributed by atoms with van der Waals surface area (Å²) >= 11 is 0. The van der Waals surface area contributed by atoms with Crippen LogP contribution in [0.3, 0.4) is 0 Å². The second-order valence-electron chi connectivity index (χ2n) is 6.08. The Morgan fingerprint density at radius 1 is 1.12 bits per heavy atom. The van der Waals surface area contributed by atoms with Gasteiger partial charge in [-0.15, -0.1) is 0 Å². The lowest BCUT2D eigenvalue weighted by atomic mass is 10.2. The molecule has 1 aromatic heterocycles. The molecule has 1 aliphatic rings. The number of hydrogen-bond acceptors (Lipinski definition) is 5. The summed E-state index contributed by atoms with van der Waals surface area (Å²) in [7, 11) is 3.23. The van der Waals surface area contributed by atoms with Gasteiger partial charge in [-0.25, -0.2) is 0 Å². The van der Waals surface area contributed by atoms with E-state index in [1.165, 1.54) is 12.8 Å². The van der Waals surface area contributed by atoms with E-state index in [9.17, 15) is 4.79 Å². The highest BCUT2D eigenvalue weighted by atomic mass is 16.5. The largest absolute Gasteiger partial charge is 0.497 e. The molecule has 0 spiro atoms. The lowest BCUT2D eigenvalue weighted by molar-refractivity contribution is 0.0933. The quantitative estimate of drug-likeness (QED) is 0.841. The van der Waals surface area contributed by atoms with E-state index in [1.807, 2.05) is 24.3 Å². The molecule has 6 heteroatoms. The molecule has 1 aromatic carbocycles. The molecule has 0 bridgehead atoms. The van der Waals surface area contributed by atoms with E-state index < -0.39 is 0 Å². The van der Waals surface area contributed by atoms with Crippen molar-refractivity contribution in [1.82, 2.24) is 10.3 Å². The molecular formula is C19H23N3O3. The normalized spacial score (nSPS) is 14.2. The van der Waals surface area contributed by atoms with E-state index in [4.69, 9.17) is 9.47 Å². The van der Waals surface area contributed by atoms with Crippen molar-refractivity contribution in [3.05, 3.63) is 42.2 Å². The van der Waals surface area contributed by atoms with Crippen molar-refractivity contribution in [2.45, 2.75) is 31.7 Å². The van der Waals surface area contributed by atoms with Crippen LogP contribution >= 0.6 is 0 Å². The van der Waals surface area contributed by atoms with Crippen molar-refractivity contribution in [3.63, 3.8) is 0 Å². The fourth-order valence-electron chi connectivity index (χ4n) is 3.03. The van der Waals surface area contributed by atoms with Crippen LogP contribution in [-0.4, -0.2) is 31.2 Å². The lowest BCUT2D eigenvalue weighted by Gasteiger charge is -2.14. The molecule has 0 aliphatic heterocycles. The second kappa shape index (κ2) is 7.88. The van der Waals surface area contributed by atoms with Crippen molar-refractivity contribution in [3.8, 4) is 11.5 Å². The van der Waals surface area contributed by atoms with Crippen LogP contribution in [0.4, 0.5) is 11.4 Å². The Morgan fingerprint density at radius 2 is 1.92 bits per heavy atom. The SMILES string of the molecule is COc1ccc(OC)c(Nc2ccnc(C(=O)NC3CCCC3)c2)c1. The Bertz CT molecular complexity index is 742. The number of methoxy groups -OCH3 is 2. The minimum atomic E-state index is -0.131. The van der Waals surface area contributed by atoms with Crippen LogP contribution in [0, 0.1) is 0 Å². The van der Waals surface area contributed by atoms with E-state index in [-0.39, 0.29) is 11.9 Å². The minimum absolute atomic E-state index is 0.131. The molecule has 1 aliphatic carbocycles. The average Bonchev–Trinajstić information content (AvgIpc) is 3.15. The molecule has 0 unspecified atom stereocenters. The van der Waals surface area contributed by atoms with Gasteiger partial charge in [0.05, 0.1) is 19.9 Å². The van der Waals surface area contributed by atoms with Crippen LogP contribution < -0.4 is 20.1 Å². The smallest absolute Gasteiger partial charge is 0.270 e. The van der Waals surface area contributed by atoms with Crippen molar-refractivity contribution in [2.75, 3.05) is 19.5 Å². The highest BCUT2D eigenvalue weighted by Crippen LogP contribution is 2.31. The van der Waals surface area contributed by atoms with Crippen molar-refractivity contribution in [1.29, 1.82) is 0 Å². The van der Waals surface area contributed by atoms with Gasteiger partial charge in [0.25, 0.3) is 5.91 Å². The lowest BCUT2D eigenvalue weighted by Crippen LogP contribution is -2.33. The first kappa shape index (κ1) is 17.1. The number of pyridine rings is 1. The van der Waals surface area contributed by atoms with Gasteiger partial charge >= 0.3 is 0 Å². The molecule has 1 heterocycles. The summed E-state index contributed by atoms with van der Waals surface area (Å²) in [5.41, 5.74) is 1.92. The minimum Gasteiger partial charge on any atom is -0.497 e. The number of carbonyl (C=O) groups is 1. The first-order valence-electron chi connectivity index (χ1n) is 8.45. The molecule has 1 saturated carbocycles. The Kier molecular flexibility index (Phi) is 5.38. The number of nitrogens with zero attached hydrogens (tertiary/aromatic N) is 1. The number of benzene rings is 1. The summed E-state index contributed by atoms with van der Waals surface area (Å²) in [5, 5.41) is 6.32. The Labute approximate surface area is 147 Å². The number of carbonyl (C=O) groups excluding carboxylic acids is 1. The first-order chi connectivity index (χ1) is 12.2. The molecule has 6 nitrogen and oxygen atoms in total. The van der Waals surface area contributed by atoms with Gasteiger partial charge in [0.1, 0.15) is 17.2 Å². The molecular weight excluding hydrogens is 318 g/mol. The maximum absolute atomic E-state index is 12.4. The van der Waals surface area contributed by atoms with Gasteiger partial charge in [0, 0.05) is 24.0 Å². The standard InChI is InChI=1S/C19H23N3O3/c1-24-15-7-8-18(25-2)16(12-15)21-14-9-10-20-17(11-14)19(23)22-13-5-3-4-6-13/h7-13H,3-6H2,1-2H3,(H,20,21)(H,22,23). The molecule has 25 heavy (non-hydrogen) atoms. The summed E-state index contributed by atoms with van der Waals surface area (Å²) in [6.45, 7) is 0. The van der Waals surface area contributed by atoms with Gasteiger partial charge in [-0.05, 0) is 37.1 Å². The zero-order chi connectivity index (χ0) is 17.6. The fraction of sp³-hybridized carbons (Fsp3) is 0.368. The molecule has 3 rings (SSSR count). The zero-order valence-corrected chi connectivity index (χ0v) is 14.5. The number of hydrogen-bond donors (Lipinski definition) is 2. The summed E-state index contributed by atoms with van der Waals surface area (Å²) in [6, 6.07) is 9.32. The number of anilines is 2. The molecule has 2 aromatic rings. The highest BCUT2D eigenvalue weighted by Gasteiger charge is 2.18. The van der Waals surface area contributed by atoms with Crippen LogP contribution in [0.2, 0.25) is 0 Å². The summed E-state index contributed by atoms with van der Waals surface area (Å²) in [5.74, 6) is 1.28. The zero-order valence-electron chi connectivity index (χ0n) is 14.5. The third-order valence-corrected chi connectivity index (χ3v) is 4.37.